The predicted octanol–water partition coefficient (Wildman–Crippen LogP) is 0.0759. The van der Waals surface area contributed by atoms with E-state index in [4.69, 9.17) is 9.52 Å². The van der Waals surface area contributed by atoms with Crippen molar-refractivity contribution in [2.24, 2.45) is 0 Å². The zero-order chi connectivity index (χ0) is 25.1. The minimum atomic E-state index is -1.29. The van der Waals surface area contributed by atoms with Crippen molar-refractivity contribution in [3.63, 3.8) is 0 Å². The van der Waals surface area contributed by atoms with Gasteiger partial charge in [-0.15, -0.1) is 0 Å². The van der Waals surface area contributed by atoms with E-state index < -0.39 is 48.2 Å². The number of nitrogens with zero attached hydrogens (tertiary/aromatic N) is 3. The first-order valence-corrected chi connectivity index (χ1v) is 11.3. The number of allylic oxidation sites excluding steroid dienone is 1. The van der Waals surface area contributed by atoms with Gasteiger partial charge in [0.05, 0.1) is 19.0 Å². The Labute approximate surface area is 199 Å². The lowest BCUT2D eigenvalue weighted by atomic mass is 10.1. The van der Waals surface area contributed by atoms with Crippen LogP contribution in [0.25, 0.3) is 6.08 Å². The zero-order valence-corrected chi connectivity index (χ0v) is 18.8. The number of nitrogens with one attached hydrogen (secondary N) is 2. The van der Waals surface area contributed by atoms with Gasteiger partial charge < -0.3 is 19.6 Å². The molecule has 2 atom stereocenters. The van der Waals surface area contributed by atoms with Crippen LogP contribution in [-0.2, 0) is 25.6 Å². The predicted molar refractivity (Wildman–Crippen MR) is 117 cm³/mol. The second kappa shape index (κ2) is 9.99. The molecular formula is C22H25N5O8. The first-order valence-electron chi connectivity index (χ1n) is 11.3. The van der Waals surface area contributed by atoms with Crippen molar-refractivity contribution in [1.82, 2.24) is 25.8 Å². The molecule has 4 rings (SSSR count). The van der Waals surface area contributed by atoms with Gasteiger partial charge in [-0.25, -0.2) is 19.8 Å². The average Bonchev–Trinajstić information content (AvgIpc) is 3.24. The molecule has 3 N–H and O–H groups in total. The summed E-state index contributed by atoms with van der Waals surface area (Å²) < 4.78 is 5.58. The number of amides is 5. The number of carbonyl (C=O) groups excluding carboxylic acids is 5. The number of urea groups is 1. The lowest BCUT2D eigenvalue weighted by Crippen LogP contribution is -2.64. The monoisotopic (exact) mass is 487 g/mol. The smallest absolute Gasteiger partial charge is 0.358 e. The number of aldehydes is 1. The number of carboxylic acids is 1. The molecule has 35 heavy (non-hydrogen) atoms. The van der Waals surface area contributed by atoms with Crippen LogP contribution in [0.1, 0.15) is 54.0 Å². The van der Waals surface area contributed by atoms with Crippen molar-refractivity contribution in [3.05, 3.63) is 29.2 Å². The molecule has 0 bridgehead atoms. The molecule has 2 fully saturated rings. The number of carbonyl (C=O) groups is 6. The molecule has 2 saturated heterocycles. The Hall–Kier alpha value is -4.16. The van der Waals surface area contributed by atoms with Gasteiger partial charge in [-0.1, -0.05) is 6.08 Å². The van der Waals surface area contributed by atoms with Crippen LogP contribution in [0.3, 0.4) is 0 Å². The summed E-state index contributed by atoms with van der Waals surface area (Å²) in [5.74, 6) is -2.56. The van der Waals surface area contributed by atoms with Crippen LogP contribution in [0, 0.1) is 0 Å². The van der Waals surface area contributed by atoms with E-state index in [0.717, 1.165) is 33.4 Å². The van der Waals surface area contributed by atoms with Gasteiger partial charge in [0, 0.05) is 13.0 Å². The average molecular weight is 487 g/mol. The normalized spacial score (nSPS) is 20.5. The third kappa shape index (κ3) is 5.03. The molecule has 13 nitrogen and oxygen atoms in total. The number of aryl methyl sites for hydroxylation is 1. The number of hydrogen-bond acceptors (Lipinski definition) is 7. The maximum Gasteiger partial charge on any atom is 0.358 e. The summed E-state index contributed by atoms with van der Waals surface area (Å²) in [6.07, 6.45) is 5.43. The Morgan fingerprint density at radius 1 is 1.23 bits per heavy atom. The van der Waals surface area contributed by atoms with Crippen molar-refractivity contribution in [1.29, 1.82) is 0 Å². The van der Waals surface area contributed by atoms with Gasteiger partial charge in [0.25, 0.3) is 0 Å². The van der Waals surface area contributed by atoms with Crippen LogP contribution < -0.4 is 10.7 Å². The molecule has 1 aromatic rings. The molecule has 0 saturated carbocycles. The summed E-state index contributed by atoms with van der Waals surface area (Å²) in [5.41, 5.74) is 3.34. The van der Waals surface area contributed by atoms with E-state index in [2.05, 4.69) is 10.7 Å². The number of hydrogen-bond donors (Lipinski definition) is 3. The second-order valence-electron chi connectivity index (χ2n) is 8.43. The fourth-order valence-electron chi connectivity index (χ4n) is 4.31. The fraction of sp³-hybridized carbons (Fsp3) is 0.455. The molecule has 1 aliphatic carbocycles. The Kier molecular flexibility index (Phi) is 6.85. The topological polar surface area (TPSA) is 170 Å². The Morgan fingerprint density at radius 3 is 2.74 bits per heavy atom. The van der Waals surface area contributed by atoms with Gasteiger partial charge in [0.15, 0.2) is 5.76 Å². The number of rotatable bonds is 7. The molecule has 3 aliphatic rings. The number of hydrazine groups is 2. The number of furan rings is 1. The van der Waals surface area contributed by atoms with Gasteiger partial charge in [0.1, 0.15) is 18.1 Å². The summed E-state index contributed by atoms with van der Waals surface area (Å²) in [6, 6.07) is -1.66. The molecule has 2 aliphatic heterocycles. The highest BCUT2D eigenvalue weighted by Crippen LogP contribution is 2.25. The van der Waals surface area contributed by atoms with Gasteiger partial charge in [-0.2, -0.15) is 0 Å². The van der Waals surface area contributed by atoms with E-state index in [-0.39, 0.29) is 31.7 Å². The molecule has 0 aromatic carbocycles. The minimum Gasteiger partial charge on any atom is -0.481 e. The standard InChI is InChI=1S/C22H25N5O8/c28-12-14(11-19(30)31)23-20(32)15-5-3-8-26-18(29)7-9-25(22(34)27(15)26)24-21(33)17-10-13-4-1-2-6-16(13)35-17/h2,6,10,12,14-15H,1,3-5,7-9,11H2,(H,23,32)(H,24,33)(H,30,31). The van der Waals surface area contributed by atoms with E-state index >= 15 is 0 Å². The fourth-order valence-corrected chi connectivity index (χ4v) is 4.31. The minimum absolute atomic E-state index is 0.0113. The second-order valence-corrected chi connectivity index (χ2v) is 8.43. The lowest BCUT2D eigenvalue weighted by Gasteiger charge is -2.42. The lowest BCUT2D eigenvalue weighted by molar-refractivity contribution is -0.155. The number of carboxylic acid groups (broad SMARTS) is 1. The maximum atomic E-state index is 13.4. The van der Waals surface area contributed by atoms with Crippen LogP contribution in [0.2, 0.25) is 0 Å². The Balaban J connectivity index is 1.52. The summed E-state index contributed by atoms with van der Waals surface area (Å²) >= 11 is 0. The van der Waals surface area contributed by atoms with E-state index in [1.54, 1.807) is 12.1 Å². The molecule has 3 heterocycles. The summed E-state index contributed by atoms with van der Waals surface area (Å²) in [7, 11) is 0. The Morgan fingerprint density at radius 2 is 2.03 bits per heavy atom. The quantitative estimate of drug-likeness (QED) is 0.454. The molecule has 5 amide bonds. The SMILES string of the molecule is O=CC(CC(=O)O)NC(=O)C1CCCN2C(=O)CCN(NC(=O)c3cc4c(o3)C=CCC4)C(=O)N12. The largest absolute Gasteiger partial charge is 0.481 e. The van der Waals surface area contributed by atoms with Gasteiger partial charge >= 0.3 is 17.9 Å². The van der Waals surface area contributed by atoms with Crippen LogP contribution in [-0.4, -0.2) is 81.3 Å². The molecular weight excluding hydrogens is 462 g/mol. The van der Waals surface area contributed by atoms with Crippen LogP contribution in [0.15, 0.2) is 16.6 Å². The first kappa shape index (κ1) is 24.0. The van der Waals surface area contributed by atoms with Crippen LogP contribution in [0.4, 0.5) is 4.79 Å². The van der Waals surface area contributed by atoms with Gasteiger partial charge in [-0.05, 0) is 43.4 Å². The van der Waals surface area contributed by atoms with E-state index in [1.165, 1.54) is 0 Å². The van der Waals surface area contributed by atoms with Crippen molar-refractivity contribution >= 4 is 42.1 Å². The highest BCUT2D eigenvalue weighted by molar-refractivity contribution is 5.95. The van der Waals surface area contributed by atoms with Crippen molar-refractivity contribution in [2.75, 3.05) is 13.1 Å². The third-order valence-corrected chi connectivity index (χ3v) is 6.01. The third-order valence-electron chi connectivity index (χ3n) is 6.01. The maximum absolute atomic E-state index is 13.4. The van der Waals surface area contributed by atoms with E-state index in [0.29, 0.717) is 18.5 Å². The van der Waals surface area contributed by atoms with Crippen molar-refractivity contribution in [2.45, 2.75) is 50.6 Å². The number of aliphatic carboxylic acids is 1. The van der Waals surface area contributed by atoms with Crippen LogP contribution >= 0.6 is 0 Å². The number of fused-ring (bicyclic) bond motifs is 2. The molecule has 0 radical (unpaired) electrons. The molecule has 0 spiro atoms. The molecule has 2 unspecified atom stereocenters. The molecule has 1 aromatic heterocycles. The Bertz CT molecular complexity index is 1100. The van der Waals surface area contributed by atoms with E-state index in [1.807, 2.05) is 6.08 Å². The van der Waals surface area contributed by atoms with Gasteiger partial charge in [0.2, 0.25) is 11.8 Å². The summed E-state index contributed by atoms with van der Waals surface area (Å²) in [6.45, 7) is 0.0701. The zero-order valence-electron chi connectivity index (χ0n) is 18.8. The highest BCUT2D eigenvalue weighted by Gasteiger charge is 2.44. The molecule has 13 heteroatoms. The van der Waals surface area contributed by atoms with Crippen molar-refractivity contribution < 1.29 is 38.3 Å². The first-order chi connectivity index (χ1) is 16.8. The van der Waals surface area contributed by atoms with Gasteiger partial charge in [-0.3, -0.25) is 24.6 Å². The summed E-state index contributed by atoms with van der Waals surface area (Å²) in [5, 5.41) is 14.3. The molecule has 186 valence electrons. The van der Waals surface area contributed by atoms with E-state index in [9.17, 15) is 28.8 Å². The van der Waals surface area contributed by atoms with Crippen molar-refractivity contribution in [3.8, 4) is 0 Å². The van der Waals surface area contributed by atoms with Crippen LogP contribution in [0.5, 0.6) is 0 Å². The highest BCUT2D eigenvalue weighted by atomic mass is 16.4. The summed E-state index contributed by atoms with van der Waals surface area (Å²) in [4.78, 5) is 74.0.